The van der Waals surface area contributed by atoms with Gasteiger partial charge in [0.05, 0.1) is 37.5 Å². The third-order valence-corrected chi connectivity index (χ3v) is 6.04. The van der Waals surface area contributed by atoms with E-state index in [0.717, 1.165) is 5.56 Å². The number of amides is 1. The van der Waals surface area contributed by atoms with Gasteiger partial charge in [0.25, 0.3) is 11.7 Å². The molecule has 0 aromatic heterocycles. The molecular formula is C30H39NO7. The number of Topliss-reactive ketones (excluding diaryl/α,β-unsaturated/α-hetero) is 1. The van der Waals surface area contributed by atoms with Crippen LogP contribution in [0.4, 0.5) is 0 Å². The van der Waals surface area contributed by atoms with Gasteiger partial charge in [-0.1, -0.05) is 19.9 Å². The zero-order chi connectivity index (χ0) is 28.0. The van der Waals surface area contributed by atoms with Gasteiger partial charge in [0.1, 0.15) is 11.5 Å². The van der Waals surface area contributed by atoms with Crippen molar-refractivity contribution in [3.8, 4) is 17.2 Å². The summed E-state index contributed by atoms with van der Waals surface area (Å²) in [5.74, 6) is 0.446. The number of aliphatic hydroxyl groups excluding tert-OH is 1. The van der Waals surface area contributed by atoms with Gasteiger partial charge in [-0.15, -0.1) is 0 Å². The maximum absolute atomic E-state index is 13.3. The van der Waals surface area contributed by atoms with E-state index >= 15 is 0 Å². The van der Waals surface area contributed by atoms with Crippen molar-refractivity contribution in [2.24, 2.45) is 5.92 Å². The van der Waals surface area contributed by atoms with Crippen LogP contribution < -0.4 is 14.2 Å². The molecule has 1 unspecified atom stereocenters. The highest BCUT2D eigenvalue weighted by molar-refractivity contribution is 6.46. The van der Waals surface area contributed by atoms with E-state index in [1.165, 1.54) is 12.0 Å². The third-order valence-electron chi connectivity index (χ3n) is 6.04. The Bertz CT molecular complexity index is 1190. The van der Waals surface area contributed by atoms with Gasteiger partial charge in [-0.25, -0.2) is 0 Å². The monoisotopic (exact) mass is 525 g/mol. The number of benzene rings is 2. The minimum atomic E-state index is -0.824. The number of carbonyl (C=O) groups is 2. The fourth-order valence-electron chi connectivity index (χ4n) is 4.33. The number of hydrogen-bond donors (Lipinski definition) is 1. The Kier molecular flexibility index (Phi) is 9.80. The lowest BCUT2D eigenvalue weighted by atomic mass is 9.94. The predicted octanol–water partition coefficient (Wildman–Crippen LogP) is 5.28. The number of methoxy groups -OCH3 is 1. The van der Waals surface area contributed by atoms with E-state index in [2.05, 4.69) is 13.8 Å². The standard InChI is InChI=1S/C30H39NO7/c1-8-36-25-16-21(9-12-24(25)38-19(4)5)27-26(29(33)30(34)31(27)13-14-35-7)28(32)22-10-11-23(20(6)15-22)37-17-18(2)3/h9-12,15-16,18-19,27,32H,8,13-14,17H2,1-7H3/b28-26-. The average Bonchev–Trinajstić information content (AvgIpc) is 3.11. The molecule has 0 spiro atoms. The van der Waals surface area contributed by atoms with E-state index in [0.29, 0.717) is 47.5 Å². The summed E-state index contributed by atoms with van der Waals surface area (Å²) < 4.78 is 22.8. The normalized spacial score (nSPS) is 17.0. The SMILES string of the molecule is CCOc1cc(C2/C(=C(/O)c3ccc(OCC(C)C)c(C)c3)C(=O)C(=O)N2CCOC)ccc1OC(C)C. The van der Waals surface area contributed by atoms with Gasteiger partial charge in [-0.2, -0.15) is 0 Å². The van der Waals surface area contributed by atoms with Crippen molar-refractivity contribution in [3.63, 3.8) is 0 Å². The van der Waals surface area contributed by atoms with Crippen LogP contribution in [0.1, 0.15) is 57.4 Å². The largest absolute Gasteiger partial charge is 0.507 e. The Morgan fingerprint density at radius 1 is 1.00 bits per heavy atom. The van der Waals surface area contributed by atoms with Gasteiger partial charge in [-0.05, 0) is 75.1 Å². The van der Waals surface area contributed by atoms with E-state index in [1.807, 2.05) is 27.7 Å². The fourth-order valence-corrected chi connectivity index (χ4v) is 4.33. The Morgan fingerprint density at radius 2 is 1.71 bits per heavy atom. The lowest BCUT2D eigenvalue weighted by Crippen LogP contribution is -2.32. The molecule has 1 aliphatic heterocycles. The van der Waals surface area contributed by atoms with Crippen LogP contribution in [0.15, 0.2) is 42.0 Å². The molecule has 0 saturated carbocycles. The molecule has 1 saturated heterocycles. The summed E-state index contributed by atoms with van der Waals surface area (Å²) in [5, 5.41) is 11.4. The molecule has 1 atom stereocenters. The lowest BCUT2D eigenvalue weighted by molar-refractivity contribution is -0.140. The molecular weight excluding hydrogens is 486 g/mol. The fraction of sp³-hybridized carbons (Fsp3) is 0.467. The first-order valence-corrected chi connectivity index (χ1v) is 13.0. The van der Waals surface area contributed by atoms with Gasteiger partial charge in [0.15, 0.2) is 11.5 Å². The zero-order valence-electron chi connectivity index (χ0n) is 23.4. The molecule has 1 fully saturated rings. The Morgan fingerprint density at radius 3 is 2.32 bits per heavy atom. The number of nitrogens with zero attached hydrogens (tertiary/aromatic N) is 1. The maximum atomic E-state index is 13.3. The number of aliphatic hydroxyl groups is 1. The summed E-state index contributed by atoms with van der Waals surface area (Å²) in [4.78, 5) is 27.9. The van der Waals surface area contributed by atoms with Crippen LogP contribution in [-0.2, 0) is 14.3 Å². The summed E-state index contributed by atoms with van der Waals surface area (Å²) in [6, 6.07) is 9.72. The second-order valence-electron chi connectivity index (χ2n) is 9.98. The van der Waals surface area contributed by atoms with E-state index in [1.54, 1.807) is 36.4 Å². The van der Waals surface area contributed by atoms with E-state index in [9.17, 15) is 14.7 Å². The van der Waals surface area contributed by atoms with Gasteiger partial charge in [0, 0.05) is 19.2 Å². The minimum Gasteiger partial charge on any atom is -0.507 e. The molecule has 0 aliphatic carbocycles. The summed E-state index contributed by atoms with van der Waals surface area (Å²) >= 11 is 0. The van der Waals surface area contributed by atoms with Crippen LogP contribution in [0.5, 0.6) is 17.2 Å². The van der Waals surface area contributed by atoms with Crippen molar-refractivity contribution in [1.82, 2.24) is 4.90 Å². The Labute approximate surface area is 225 Å². The molecule has 38 heavy (non-hydrogen) atoms. The van der Waals surface area contributed by atoms with Crippen LogP contribution >= 0.6 is 0 Å². The lowest BCUT2D eigenvalue weighted by Gasteiger charge is -2.26. The molecule has 2 aromatic carbocycles. The summed E-state index contributed by atoms with van der Waals surface area (Å²) in [6.07, 6.45) is -0.0666. The summed E-state index contributed by atoms with van der Waals surface area (Å²) in [7, 11) is 1.53. The Hall–Kier alpha value is -3.52. The van der Waals surface area contributed by atoms with Gasteiger partial charge >= 0.3 is 0 Å². The van der Waals surface area contributed by atoms with Crippen LogP contribution in [-0.4, -0.2) is 61.3 Å². The highest BCUT2D eigenvalue weighted by Crippen LogP contribution is 2.42. The molecule has 1 N–H and O–H groups in total. The van der Waals surface area contributed by atoms with Crippen molar-refractivity contribution in [2.75, 3.05) is 33.5 Å². The Balaban J connectivity index is 2.13. The van der Waals surface area contributed by atoms with E-state index < -0.39 is 17.7 Å². The van der Waals surface area contributed by atoms with Crippen molar-refractivity contribution in [1.29, 1.82) is 0 Å². The molecule has 1 aliphatic rings. The van der Waals surface area contributed by atoms with Crippen molar-refractivity contribution in [2.45, 2.75) is 53.7 Å². The number of rotatable bonds is 12. The number of likely N-dealkylation sites (tertiary alicyclic amines) is 1. The topological polar surface area (TPSA) is 94.5 Å². The number of aryl methyl sites for hydroxylation is 1. The highest BCUT2D eigenvalue weighted by atomic mass is 16.5. The van der Waals surface area contributed by atoms with Crippen LogP contribution in [0.25, 0.3) is 5.76 Å². The number of ketones is 1. The molecule has 1 heterocycles. The first kappa shape index (κ1) is 29.0. The van der Waals surface area contributed by atoms with E-state index in [4.69, 9.17) is 18.9 Å². The van der Waals surface area contributed by atoms with E-state index in [-0.39, 0.29) is 30.6 Å². The van der Waals surface area contributed by atoms with Crippen LogP contribution in [0.2, 0.25) is 0 Å². The number of hydrogen-bond acceptors (Lipinski definition) is 7. The van der Waals surface area contributed by atoms with Gasteiger partial charge < -0.3 is 29.0 Å². The minimum absolute atomic E-state index is 0.0151. The van der Waals surface area contributed by atoms with Crippen LogP contribution in [0, 0.1) is 12.8 Å². The average molecular weight is 526 g/mol. The highest BCUT2D eigenvalue weighted by Gasteiger charge is 2.46. The van der Waals surface area contributed by atoms with Crippen molar-refractivity contribution >= 4 is 17.4 Å². The number of ether oxygens (including phenoxy) is 4. The maximum Gasteiger partial charge on any atom is 0.295 e. The molecule has 8 heteroatoms. The van der Waals surface area contributed by atoms with Gasteiger partial charge in [0.2, 0.25) is 0 Å². The third kappa shape index (κ3) is 6.48. The molecule has 0 bridgehead atoms. The second-order valence-corrected chi connectivity index (χ2v) is 9.98. The quantitative estimate of drug-likeness (QED) is 0.229. The van der Waals surface area contributed by atoms with Gasteiger partial charge in [-0.3, -0.25) is 9.59 Å². The smallest absolute Gasteiger partial charge is 0.295 e. The molecule has 3 rings (SSSR count). The predicted molar refractivity (Wildman–Crippen MR) is 146 cm³/mol. The van der Waals surface area contributed by atoms with Crippen molar-refractivity contribution < 1.29 is 33.6 Å². The zero-order valence-corrected chi connectivity index (χ0v) is 23.4. The second kappa shape index (κ2) is 12.8. The number of carbonyl (C=O) groups excluding carboxylic acids is 2. The first-order chi connectivity index (χ1) is 18.1. The molecule has 206 valence electrons. The first-order valence-electron chi connectivity index (χ1n) is 13.0. The molecule has 2 aromatic rings. The summed E-state index contributed by atoms with van der Waals surface area (Å²) in [5.41, 5.74) is 1.88. The molecule has 0 radical (unpaired) electrons. The molecule has 8 nitrogen and oxygen atoms in total. The van der Waals surface area contributed by atoms with Crippen LogP contribution in [0.3, 0.4) is 0 Å². The summed E-state index contributed by atoms with van der Waals surface area (Å²) in [6.45, 7) is 13.1. The van der Waals surface area contributed by atoms with Crippen molar-refractivity contribution in [3.05, 3.63) is 58.7 Å². The molecule has 1 amide bonds.